The topological polar surface area (TPSA) is 74.4 Å². The summed E-state index contributed by atoms with van der Waals surface area (Å²) in [5.41, 5.74) is 6.23. The Kier molecular flexibility index (Phi) is 10.8. The fraction of sp³-hybridized carbons (Fsp3) is 0.512. The van der Waals surface area contributed by atoms with Crippen molar-refractivity contribution in [3.8, 4) is 28.4 Å². The summed E-state index contributed by atoms with van der Waals surface area (Å²) in [6.07, 6.45) is 8.77. The molecule has 0 unspecified atom stereocenters. The van der Waals surface area contributed by atoms with Gasteiger partial charge in [0.1, 0.15) is 17.2 Å². The lowest BCUT2D eigenvalue weighted by atomic mass is 9.78. The molecular weight excluding hydrogens is 568 g/mol. The molecule has 0 bridgehead atoms. The van der Waals surface area contributed by atoms with Gasteiger partial charge < -0.3 is 14.9 Å². The number of phenolic OH excluding ortho intramolecular Hbond substituents is 2. The van der Waals surface area contributed by atoms with Gasteiger partial charge in [0.05, 0.1) is 18.7 Å². The summed E-state index contributed by atoms with van der Waals surface area (Å²) >= 11 is 0. The molecule has 1 saturated carbocycles. The van der Waals surface area contributed by atoms with Crippen molar-refractivity contribution in [3.63, 3.8) is 0 Å². The average molecular weight is 625 g/mol. The van der Waals surface area contributed by atoms with Crippen LogP contribution in [0, 0.1) is 0 Å². The van der Waals surface area contributed by atoms with Crippen molar-refractivity contribution in [2.24, 2.45) is 9.98 Å². The van der Waals surface area contributed by atoms with Crippen molar-refractivity contribution >= 4 is 12.4 Å². The lowest BCUT2D eigenvalue weighted by Gasteiger charge is -2.28. The normalized spacial score (nSPS) is 18.0. The summed E-state index contributed by atoms with van der Waals surface area (Å²) < 4.78 is 5.79. The van der Waals surface area contributed by atoms with Crippen molar-refractivity contribution in [3.05, 3.63) is 76.3 Å². The highest BCUT2D eigenvalue weighted by Crippen LogP contribution is 2.38. The van der Waals surface area contributed by atoms with E-state index in [9.17, 15) is 10.2 Å². The van der Waals surface area contributed by atoms with Gasteiger partial charge >= 0.3 is 0 Å². The van der Waals surface area contributed by atoms with Gasteiger partial charge in [-0.3, -0.25) is 9.98 Å². The van der Waals surface area contributed by atoms with E-state index in [1.165, 1.54) is 0 Å². The van der Waals surface area contributed by atoms with Crippen LogP contribution in [0.1, 0.15) is 129 Å². The average Bonchev–Trinajstić information content (AvgIpc) is 2.97. The number of nitrogens with zero attached hydrogens (tertiary/aromatic N) is 2. The summed E-state index contributed by atoms with van der Waals surface area (Å²) in [5.74, 6) is 1.41. The highest BCUT2D eigenvalue weighted by molar-refractivity contribution is 5.88. The van der Waals surface area contributed by atoms with Crippen LogP contribution in [0.4, 0.5) is 0 Å². The molecule has 2 N–H and O–H groups in total. The smallest absolute Gasteiger partial charge is 0.128 e. The minimum atomic E-state index is -0.250. The van der Waals surface area contributed by atoms with Gasteiger partial charge in [-0.2, -0.15) is 0 Å². The number of ether oxygens (including phenoxy) is 1. The largest absolute Gasteiger partial charge is 0.507 e. The third-order valence-corrected chi connectivity index (χ3v) is 8.93. The summed E-state index contributed by atoms with van der Waals surface area (Å²) in [6, 6.07) is 16.4. The Bertz CT molecular complexity index is 1550. The highest BCUT2D eigenvalue weighted by atomic mass is 16.5. The first-order chi connectivity index (χ1) is 21.5. The van der Waals surface area contributed by atoms with Crippen LogP contribution in [-0.2, 0) is 16.2 Å². The zero-order chi connectivity index (χ0) is 33.9. The molecule has 0 aromatic heterocycles. The monoisotopic (exact) mass is 624 g/mol. The maximum Gasteiger partial charge on any atom is 0.128 e. The lowest BCUT2D eigenvalue weighted by Crippen LogP contribution is -2.27. The predicted octanol–water partition coefficient (Wildman–Crippen LogP) is 10.3. The van der Waals surface area contributed by atoms with E-state index in [0.717, 1.165) is 71.2 Å². The molecule has 1 fully saturated rings. The Hall–Kier alpha value is -3.60. The second kappa shape index (κ2) is 14.0. The molecule has 2 atom stereocenters. The third kappa shape index (κ3) is 8.60. The van der Waals surface area contributed by atoms with E-state index in [2.05, 4.69) is 93.5 Å². The molecule has 0 aliphatic heterocycles. The highest BCUT2D eigenvalue weighted by Gasteiger charge is 2.27. The maximum atomic E-state index is 11.4. The maximum absolute atomic E-state index is 11.4. The molecule has 0 heterocycles. The molecule has 0 radical (unpaired) electrons. The molecular formula is C41H56N2O3. The summed E-state index contributed by atoms with van der Waals surface area (Å²) in [4.78, 5) is 10.1. The molecule has 46 heavy (non-hydrogen) atoms. The van der Waals surface area contributed by atoms with E-state index in [1.54, 1.807) is 0 Å². The van der Waals surface area contributed by atoms with E-state index in [0.29, 0.717) is 12.2 Å². The first kappa shape index (κ1) is 35.3. The summed E-state index contributed by atoms with van der Waals surface area (Å²) in [6.45, 7) is 22.2. The number of aromatic hydroxyl groups is 2. The van der Waals surface area contributed by atoms with Crippen LogP contribution < -0.4 is 4.74 Å². The molecule has 248 valence electrons. The second-order valence-electron chi connectivity index (χ2n) is 16.0. The SMILES string of the molecule is CCCOc1ccc(-c2cc(C=N[C@H]3CCCC[C@@H]3N=Cc3c(O)cc(C(C)(C)C)cc3C(C)(C)C)c(O)c(C(C)(C)C)c2)cc1. The van der Waals surface area contributed by atoms with Crippen LogP contribution in [-0.4, -0.2) is 41.3 Å². The van der Waals surface area contributed by atoms with Gasteiger partial charge in [0, 0.05) is 29.1 Å². The number of phenols is 2. The molecule has 0 spiro atoms. The summed E-state index contributed by atoms with van der Waals surface area (Å²) in [7, 11) is 0. The second-order valence-corrected chi connectivity index (χ2v) is 16.0. The molecule has 4 rings (SSSR count). The van der Waals surface area contributed by atoms with Crippen LogP contribution in [0.15, 0.2) is 58.5 Å². The summed E-state index contributed by atoms with van der Waals surface area (Å²) in [5, 5.41) is 22.6. The van der Waals surface area contributed by atoms with Crippen molar-refractivity contribution in [1.29, 1.82) is 0 Å². The van der Waals surface area contributed by atoms with Crippen molar-refractivity contribution < 1.29 is 14.9 Å². The number of benzene rings is 3. The number of aliphatic imine (C=N–C) groups is 2. The van der Waals surface area contributed by atoms with Gasteiger partial charge in [-0.25, -0.2) is 0 Å². The van der Waals surface area contributed by atoms with E-state index in [1.807, 2.05) is 36.7 Å². The van der Waals surface area contributed by atoms with Crippen molar-refractivity contribution in [2.75, 3.05) is 6.61 Å². The van der Waals surface area contributed by atoms with Gasteiger partial charge in [-0.15, -0.1) is 0 Å². The fourth-order valence-corrected chi connectivity index (χ4v) is 6.07. The van der Waals surface area contributed by atoms with E-state index >= 15 is 0 Å². The van der Waals surface area contributed by atoms with Gasteiger partial charge in [0.25, 0.3) is 0 Å². The molecule has 0 saturated heterocycles. The van der Waals surface area contributed by atoms with E-state index < -0.39 is 0 Å². The minimum absolute atomic E-state index is 0.00240. The van der Waals surface area contributed by atoms with E-state index in [-0.39, 0.29) is 39.8 Å². The minimum Gasteiger partial charge on any atom is -0.507 e. The molecule has 3 aromatic carbocycles. The van der Waals surface area contributed by atoms with Crippen LogP contribution in [0.25, 0.3) is 11.1 Å². The van der Waals surface area contributed by atoms with Crippen molar-refractivity contribution in [1.82, 2.24) is 0 Å². The predicted molar refractivity (Wildman–Crippen MR) is 195 cm³/mol. The van der Waals surface area contributed by atoms with Gasteiger partial charge in [0.2, 0.25) is 0 Å². The standard InChI is InChI=1S/C41H56N2O3/c1-11-20-46-31-18-16-27(17-19-31)28-21-29(38(45)34(22-28)41(8,9)10)25-42-35-14-12-13-15-36(35)43-26-32-33(40(5,6)7)23-30(24-37(32)44)39(2,3)4/h16-19,21-26,35-36,44-45H,11-15,20H2,1-10H3/t35-,36-/m0/s1. The Labute approximate surface area is 277 Å². The Morgan fingerprint density at radius 3 is 1.85 bits per heavy atom. The first-order valence-corrected chi connectivity index (χ1v) is 17.0. The van der Waals surface area contributed by atoms with Gasteiger partial charge in [-0.05, 0) is 88.1 Å². The molecule has 1 aliphatic carbocycles. The van der Waals surface area contributed by atoms with Gasteiger partial charge in [-0.1, -0.05) is 100 Å². The van der Waals surface area contributed by atoms with Crippen molar-refractivity contribution in [2.45, 2.75) is 130 Å². The number of rotatable bonds is 8. The van der Waals surface area contributed by atoms with Crippen LogP contribution >= 0.6 is 0 Å². The molecule has 1 aliphatic rings. The molecule has 5 heteroatoms. The quantitative estimate of drug-likeness (QED) is 0.245. The molecule has 3 aromatic rings. The lowest BCUT2D eigenvalue weighted by molar-refractivity contribution is 0.317. The zero-order valence-electron chi connectivity index (χ0n) is 29.9. The number of hydrogen-bond acceptors (Lipinski definition) is 5. The van der Waals surface area contributed by atoms with Gasteiger partial charge in [0.15, 0.2) is 0 Å². The molecule has 0 amide bonds. The Morgan fingerprint density at radius 2 is 1.30 bits per heavy atom. The number of hydrogen-bond donors (Lipinski definition) is 2. The van der Waals surface area contributed by atoms with Crippen LogP contribution in [0.2, 0.25) is 0 Å². The van der Waals surface area contributed by atoms with E-state index in [4.69, 9.17) is 14.7 Å². The van der Waals surface area contributed by atoms with Crippen LogP contribution in [0.5, 0.6) is 17.2 Å². The Morgan fingerprint density at radius 1 is 0.717 bits per heavy atom. The van der Waals surface area contributed by atoms with Crippen LogP contribution in [0.3, 0.4) is 0 Å². The fourth-order valence-electron chi connectivity index (χ4n) is 6.07. The Balaban J connectivity index is 1.68. The molecule has 5 nitrogen and oxygen atoms in total. The first-order valence-electron chi connectivity index (χ1n) is 17.0. The zero-order valence-corrected chi connectivity index (χ0v) is 29.9. The third-order valence-electron chi connectivity index (χ3n) is 8.93.